The largest absolute Gasteiger partial charge is 0.339 e. The van der Waals surface area contributed by atoms with Gasteiger partial charge in [0, 0.05) is 37.7 Å². The van der Waals surface area contributed by atoms with Crippen LogP contribution in [0.5, 0.6) is 0 Å². The Bertz CT molecular complexity index is 753. The van der Waals surface area contributed by atoms with Crippen molar-refractivity contribution in [2.45, 2.75) is 6.42 Å². The van der Waals surface area contributed by atoms with Crippen molar-refractivity contribution in [2.24, 2.45) is 0 Å². The summed E-state index contributed by atoms with van der Waals surface area (Å²) in [5.41, 5.74) is 2.45. The summed E-state index contributed by atoms with van der Waals surface area (Å²) in [5.74, 6) is 0.190. The molecule has 2 aromatic rings. The first-order valence-electron chi connectivity index (χ1n) is 9.87. The van der Waals surface area contributed by atoms with Gasteiger partial charge >= 0.3 is 0 Å². The third kappa shape index (κ3) is 6.79. The molecule has 0 saturated carbocycles. The monoisotopic (exact) mass is 397 g/mol. The highest BCUT2D eigenvalue weighted by Crippen LogP contribution is 2.09. The predicted octanol–water partition coefficient (Wildman–Crippen LogP) is 3.33. The van der Waals surface area contributed by atoms with Crippen LogP contribution in [-0.4, -0.2) is 61.5 Å². The van der Waals surface area contributed by atoms with Crippen LogP contribution in [0.2, 0.25) is 5.02 Å². The number of carbonyl (C=O) groups excluding carboxylic acids is 1. The number of nitrogens with one attached hydrogen (secondary N) is 1. The molecule has 0 atom stereocenters. The maximum Gasteiger partial charge on any atom is 0.236 e. The van der Waals surface area contributed by atoms with Crippen molar-refractivity contribution in [3.63, 3.8) is 0 Å². The van der Waals surface area contributed by atoms with E-state index in [0.717, 1.165) is 50.7 Å². The molecular weight excluding hydrogens is 370 g/mol. The van der Waals surface area contributed by atoms with Crippen molar-refractivity contribution in [3.8, 4) is 0 Å². The molecule has 0 spiro atoms. The van der Waals surface area contributed by atoms with Crippen molar-refractivity contribution in [2.75, 3.05) is 45.8 Å². The van der Waals surface area contributed by atoms with E-state index in [9.17, 15) is 4.79 Å². The van der Waals surface area contributed by atoms with E-state index in [1.165, 1.54) is 11.1 Å². The average molecular weight is 398 g/mol. The van der Waals surface area contributed by atoms with Crippen molar-refractivity contribution >= 4 is 23.6 Å². The molecule has 1 amide bonds. The summed E-state index contributed by atoms with van der Waals surface area (Å²) in [6, 6.07) is 18.2. The molecule has 0 aliphatic carbocycles. The highest BCUT2D eigenvalue weighted by Gasteiger charge is 2.19. The van der Waals surface area contributed by atoms with E-state index in [2.05, 4.69) is 34.5 Å². The van der Waals surface area contributed by atoms with Gasteiger partial charge in [-0.2, -0.15) is 0 Å². The Kier molecular flexibility index (Phi) is 8.09. The molecule has 3 rings (SSSR count). The molecule has 0 radical (unpaired) electrons. The Hall–Kier alpha value is -2.14. The molecule has 2 aromatic carbocycles. The number of carbonyl (C=O) groups is 1. The minimum absolute atomic E-state index is 0.190. The van der Waals surface area contributed by atoms with E-state index >= 15 is 0 Å². The molecule has 0 bridgehead atoms. The van der Waals surface area contributed by atoms with Crippen LogP contribution in [0.4, 0.5) is 0 Å². The van der Waals surface area contributed by atoms with Gasteiger partial charge in [0.1, 0.15) is 0 Å². The van der Waals surface area contributed by atoms with Crippen LogP contribution in [-0.2, 0) is 11.2 Å². The molecular formula is C23H28ClN3O. The second kappa shape index (κ2) is 11.0. The Morgan fingerprint density at radius 3 is 2.43 bits per heavy atom. The quantitative estimate of drug-likeness (QED) is 0.694. The second-order valence-corrected chi connectivity index (χ2v) is 7.48. The minimum atomic E-state index is 0.190. The fraction of sp³-hybridized carbons (Fsp3) is 0.348. The van der Waals surface area contributed by atoms with Gasteiger partial charge in [0.05, 0.1) is 6.54 Å². The number of benzene rings is 2. The van der Waals surface area contributed by atoms with E-state index in [1.54, 1.807) is 0 Å². The van der Waals surface area contributed by atoms with Gasteiger partial charge in [0.25, 0.3) is 0 Å². The van der Waals surface area contributed by atoms with Gasteiger partial charge < -0.3 is 10.2 Å². The number of halogens is 1. The number of nitrogens with zero attached hydrogens (tertiary/aromatic N) is 2. The average Bonchev–Trinajstić information content (AvgIpc) is 2.73. The third-order valence-corrected chi connectivity index (χ3v) is 5.23. The Balaban J connectivity index is 1.30. The van der Waals surface area contributed by atoms with Crippen LogP contribution < -0.4 is 5.32 Å². The number of piperazine rings is 1. The van der Waals surface area contributed by atoms with Gasteiger partial charge in [0.2, 0.25) is 5.91 Å². The van der Waals surface area contributed by atoms with Crippen molar-refractivity contribution < 1.29 is 4.79 Å². The number of rotatable bonds is 8. The van der Waals surface area contributed by atoms with Crippen LogP contribution in [0.15, 0.2) is 60.7 Å². The molecule has 1 fully saturated rings. The van der Waals surface area contributed by atoms with E-state index in [1.807, 2.05) is 47.4 Å². The Morgan fingerprint density at radius 2 is 1.71 bits per heavy atom. The minimum Gasteiger partial charge on any atom is -0.339 e. The Labute approximate surface area is 172 Å². The topological polar surface area (TPSA) is 35.6 Å². The molecule has 4 nitrogen and oxygen atoms in total. The van der Waals surface area contributed by atoms with Crippen LogP contribution in [0.3, 0.4) is 0 Å². The van der Waals surface area contributed by atoms with E-state index < -0.39 is 0 Å². The number of hydrogen-bond donors (Lipinski definition) is 1. The van der Waals surface area contributed by atoms with Gasteiger partial charge in [-0.1, -0.05) is 66.2 Å². The normalized spacial score (nSPS) is 15.2. The first-order chi connectivity index (χ1) is 13.7. The van der Waals surface area contributed by atoms with Gasteiger partial charge in [-0.25, -0.2) is 0 Å². The second-order valence-electron chi connectivity index (χ2n) is 7.05. The molecule has 1 N–H and O–H groups in total. The fourth-order valence-corrected chi connectivity index (χ4v) is 3.40. The van der Waals surface area contributed by atoms with E-state index in [4.69, 9.17) is 11.6 Å². The molecule has 0 unspecified atom stereocenters. The fourth-order valence-electron chi connectivity index (χ4n) is 3.27. The summed E-state index contributed by atoms with van der Waals surface area (Å²) in [6.45, 7) is 5.58. The standard InChI is InChI=1S/C23H28ClN3O/c24-22-10-8-21(9-11-22)12-13-25-19-23(28)27-17-15-26(16-18-27)14-4-7-20-5-2-1-3-6-20/h1-11,25H,12-19H2/b7-4+. The Morgan fingerprint density at radius 1 is 1.00 bits per heavy atom. The SMILES string of the molecule is O=C(CNCCc1ccc(Cl)cc1)N1CCN(C/C=C/c2ccccc2)CC1. The highest BCUT2D eigenvalue weighted by molar-refractivity contribution is 6.30. The van der Waals surface area contributed by atoms with Crippen LogP contribution in [0.1, 0.15) is 11.1 Å². The predicted molar refractivity (Wildman–Crippen MR) is 117 cm³/mol. The lowest BCUT2D eigenvalue weighted by atomic mass is 10.1. The lowest BCUT2D eigenvalue weighted by Crippen LogP contribution is -2.50. The summed E-state index contributed by atoms with van der Waals surface area (Å²) in [6.07, 6.45) is 5.25. The zero-order chi connectivity index (χ0) is 19.6. The molecule has 1 aliphatic heterocycles. The molecule has 1 aliphatic rings. The summed E-state index contributed by atoms with van der Waals surface area (Å²) in [5, 5.41) is 4.01. The van der Waals surface area contributed by atoms with Crippen LogP contribution >= 0.6 is 11.6 Å². The lowest BCUT2D eigenvalue weighted by molar-refractivity contribution is -0.131. The molecule has 148 valence electrons. The molecule has 1 saturated heterocycles. The molecule has 5 heteroatoms. The van der Waals surface area contributed by atoms with Gasteiger partial charge in [-0.3, -0.25) is 9.69 Å². The van der Waals surface area contributed by atoms with Gasteiger partial charge in [0.15, 0.2) is 0 Å². The zero-order valence-corrected chi connectivity index (χ0v) is 16.9. The van der Waals surface area contributed by atoms with Crippen molar-refractivity contribution in [1.29, 1.82) is 0 Å². The first-order valence-corrected chi connectivity index (χ1v) is 10.3. The zero-order valence-electron chi connectivity index (χ0n) is 16.2. The first kappa shape index (κ1) is 20.6. The number of hydrogen-bond acceptors (Lipinski definition) is 3. The lowest BCUT2D eigenvalue weighted by Gasteiger charge is -2.34. The maximum absolute atomic E-state index is 12.4. The van der Waals surface area contributed by atoms with Gasteiger partial charge in [-0.05, 0) is 36.2 Å². The van der Waals surface area contributed by atoms with Crippen LogP contribution in [0.25, 0.3) is 6.08 Å². The summed E-state index contributed by atoms with van der Waals surface area (Å²) in [7, 11) is 0. The highest BCUT2D eigenvalue weighted by atomic mass is 35.5. The molecule has 1 heterocycles. The van der Waals surface area contributed by atoms with E-state index in [0.29, 0.717) is 6.54 Å². The third-order valence-electron chi connectivity index (χ3n) is 4.98. The van der Waals surface area contributed by atoms with Crippen molar-refractivity contribution in [1.82, 2.24) is 15.1 Å². The number of amides is 1. The summed E-state index contributed by atoms with van der Waals surface area (Å²) in [4.78, 5) is 16.7. The molecule has 28 heavy (non-hydrogen) atoms. The smallest absolute Gasteiger partial charge is 0.236 e. The van der Waals surface area contributed by atoms with E-state index in [-0.39, 0.29) is 5.91 Å². The van der Waals surface area contributed by atoms with Gasteiger partial charge in [-0.15, -0.1) is 0 Å². The molecule has 0 aromatic heterocycles. The summed E-state index contributed by atoms with van der Waals surface area (Å²) >= 11 is 5.89. The summed E-state index contributed by atoms with van der Waals surface area (Å²) < 4.78 is 0. The van der Waals surface area contributed by atoms with Crippen molar-refractivity contribution in [3.05, 3.63) is 76.8 Å². The maximum atomic E-state index is 12.4. The van der Waals surface area contributed by atoms with Crippen LogP contribution in [0, 0.1) is 0 Å².